The van der Waals surface area contributed by atoms with Crippen molar-refractivity contribution in [1.29, 1.82) is 0 Å². The summed E-state index contributed by atoms with van der Waals surface area (Å²) in [5, 5.41) is 19.5. The Bertz CT molecular complexity index is 916. The Kier molecular flexibility index (Phi) is 7.81. The van der Waals surface area contributed by atoms with Gasteiger partial charge >= 0.3 is 11.9 Å². The van der Waals surface area contributed by atoms with Gasteiger partial charge in [0.05, 0.1) is 32.4 Å². The van der Waals surface area contributed by atoms with Crippen LogP contribution in [-0.2, 0) is 19.1 Å². The molecule has 0 saturated carbocycles. The fourth-order valence-corrected chi connectivity index (χ4v) is 2.85. The Balaban J connectivity index is 2.22. The Morgan fingerprint density at radius 2 is 1.83 bits per heavy atom. The number of nitrogens with one attached hydrogen (secondary N) is 1. The number of benzene rings is 1. The molecule has 0 bridgehead atoms. The quantitative estimate of drug-likeness (QED) is 0.265. The van der Waals surface area contributed by atoms with Crippen LogP contribution in [0.5, 0.6) is 17.2 Å². The van der Waals surface area contributed by atoms with Gasteiger partial charge in [-0.25, -0.2) is 9.59 Å². The highest BCUT2D eigenvalue weighted by Gasteiger charge is 2.25. The maximum absolute atomic E-state index is 11.8. The second kappa shape index (κ2) is 10.3. The van der Waals surface area contributed by atoms with Gasteiger partial charge in [0.15, 0.2) is 22.8 Å². The first-order valence-electron chi connectivity index (χ1n) is 8.34. The van der Waals surface area contributed by atoms with Gasteiger partial charge in [-0.15, -0.1) is 5.10 Å². The topological polar surface area (TPSA) is 145 Å². The molecule has 1 aliphatic heterocycles. The number of thioether (sulfide) groups is 1. The number of esters is 1. The van der Waals surface area contributed by atoms with Crippen LogP contribution in [0.1, 0.15) is 12.5 Å². The molecule has 11 nitrogen and oxygen atoms in total. The van der Waals surface area contributed by atoms with E-state index in [-0.39, 0.29) is 27.3 Å². The predicted molar refractivity (Wildman–Crippen MR) is 108 cm³/mol. The van der Waals surface area contributed by atoms with Crippen LogP contribution in [0, 0.1) is 0 Å². The molecular formula is C18H19N3O8S. The molecule has 12 heteroatoms. The van der Waals surface area contributed by atoms with E-state index in [9.17, 15) is 14.4 Å². The number of hydrogen-bond donors (Lipinski definition) is 2. The zero-order valence-corrected chi connectivity index (χ0v) is 17.3. The van der Waals surface area contributed by atoms with E-state index in [1.54, 1.807) is 12.1 Å². The number of carboxylic acids is 1. The van der Waals surface area contributed by atoms with E-state index in [1.807, 2.05) is 0 Å². The molecule has 30 heavy (non-hydrogen) atoms. The lowest BCUT2D eigenvalue weighted by atomic mass is 10.2. The second-order valence-corrected chi connectivity index (χ2v) is 6.62. The molecule has 0 radical (unpaired) electrons. The largest absolute Gasteiger partial charge is 0.493 e. The number of aliphatic carboxylic acids is 1. The smallest absolute Gasteiger partial charge is 0.344 e. The first kappa shape index (κ1) is 22.7. The van der Waals surface area contributed by atoms with Gasteiger partial charge in [-0.05, 0) is 30.8 Å². The molecule has 1 atom stereocenters. The average molecular weight is 437 g/mol. The van der Waals surface area contributed by atoms with Crippen LogP contribution in [0.15, 0.2) is 33.3 Å². The Labute approximate surface area is 175 Å². The molecule has 0 aliphatic carbocycles. The van der Waals surface area contributed by atoms with Gasteiger partial charge in [0.1, 0.15) is 0 Å². The number of hydrogen-bond acceptors (Lipinski definition) is 10. The van der Waals surface area contributed by atoms with Gasteiger partial charge in [-0.1, -0.05) is 0 Å². The summed E-state index contributed by atoms with van der Waals surface area (Å²) >= 11 is 0.936. The van der Waals surface area contributed by atoms with Gasteiger partial charge in [0.25, 0.3) is 5.91 Å². The van der Waals surface area contributed by atoms with Crippen LogP contribution in [0.2, 0.25) is 0 Å². The van der Waals surface area contributed by atoms with Crippen molar-refractivity contribution in [3.8, 4) is 17.2 Å². The summed E-state index contributed by atoms with van der Waals surface area (Å²) < 4.78 is 20.4. The highest BCUT2D eigenvalue weighted by Crippen LogP contribution is 2.39. The molecule has 2 N–H and O–H groups in total. The van der Waals surface area contributed by atoms with Gasteiger partial charge in [-0.2, -0.15) is 5.10 Å². The van der Waals surface area contributed by atoms with E-state index in [0.717, 1.165) is 17.8 Å². The summed E-state index contributed by atoms with van der Waals surface area (Å²) in [6, 6.07) is 3.11. The lowest BCUT2D eigenvalue weighted by molar-refractivity contribution is -0.144. The summed E-state index contributed by atoms with van der Waals surface area (Å²) in [6.45, 7) is 1.38. The average Bonchev–Trinajstić information content (AvgIpc) is 3.07. The minimum Gasteiger partial charge on any atom is -0.493 e. The van der Waals surface area contributed by atoms with E-state index in [4.69, 9.17) is 19.3 Å². The Morgan fingerprint density at radius 3 is 2.37 bits per heavy atom. The Morgan fingerprint density at radius 1 is 1.20 bits per heavy atom. The van der Waals surface area contributed by atoms with Gasteiger partial charge in [0.2, 0.25) is 5.75 Å². The number of nitrogens with zero attached hydrogens (tertiary/aromatic N) is 2. The van der Waals surface area contributed by atoms with Crippen LogP contribution >= 0.6 is 11.8 Å². The van der Waals surface area contributed by atoms with Crippen LogP contribution in [0.4, 0.5) is 0 Å². The summed E-state index contributed by atoms with van der Waals surface area (Å²) in [5.74, 6) is -1.67. The number of methoxy groups -OCH3 is 3. The third-order valence-corrected chi connectivity index (χ3v) is 4.48. The van der Waals surface area contributed by atoms with Gasteiger partial charge in [-0.3, -0.25) is 10.1 Å². The maximum Gasteiger partial charge on any atom is 0.344 e. The van der Waals surface area contributed by atoms with Crippen molar-refractivity contribution in [2.75, 3.05) is 21.3 Å². The highest BCUT2D eigenvalue weighted by molar-refractivity contribution is 8.18. The van der Waals surface area contributed by atoms with Crippen molar-refractivity contribution in [2.24, 2.45) is 10.2 Å². The van der Waals surface area contributed by atoms with Crippen molar-refractivity contribution >= 4 is 41.0 Å². The molecule has 1 aromatic rings. The van der Waals surface area contributed by atoms with Gasteiger partial charge in [0, 0.05) is 11.6 Å². The number of rotatable bonds is 8. The second-order valence-electron chi connectivity index (χ2n) is 5.59. The summed E-state index contributed by atoms with van der Waals surface area (Å²) in [6.07, 6.45) is 1.31. The minimum absolute atomic E-state index is 0.133. The number of carboxylic acid groups (broad SMARTS) is 1. The van der Waals surface area contributed by atoms with E-state index in [2.05, 4.69) is 20.3 Å². The maximum atomic E-state index is 11.8. The molecule has 2 rings (SSSR count). The number of amidine groups is 1. The number of amides is 1. The van der Waals surface area contributed by atoms with E-state index in [1.165, 1.54) is 34.5 Å². The zero-order chi connectivity index (χ0) is 22.3. The first-order chi connectivity index (χ1) is 14.3. The highest BCUT2D eigenvalue weighted by atomic mass is 32.2. The first-order valence-corrected chi connectivity index (χ1v) is 9.16. The lowest BCUT2D eigenvalue weighted by Crippen LogP contribution is -2.23. The van der Waals surface area contributed by atoms with Crippen molar-refractivity contribution in [3.05, 3.63) is 28.7 Å². The molecule has 1 fully saturated rings. The van der Waals surface area contributed by atoms with Gasteiger partial charge < -0.3 is 24.1 Å². The van der Waals surface area contributed by atoms with Crippen LogP contribution in [-0.4, -0.2) is 61.8 Å². The number of carbonyl (C=O) groups is 3. The van der Waals surface area contributed by atoms with Crippen LogP contribution in [0.25, 0.3) is 0 Å². The summed E-state index contributed by atoms with van der Waals surface area (Å²) in [7, 11) is 4.00. The van der Waals surface area contributed by atoms with Crippen molar-refractivity contribution in [1.82, 2.24) is 5.32 Å². The normalized spacial score (nSPS) is 17.1. The fourth-order valence-electron chi connectivity index (χ4n) is 2.11. The van der Waals surface area contributed by atoms with E-state index < -0.39 is 23.9 Å². The molecule has 0 aromatic heterocycles. The molecule has 1 aromatic carbocycles. The molecule has 1 amide bonds. The number of carbonyl (C=O) groups excluding carboxylic acids is 2. The van der Waals surface area contributed by atoms with Crippen molar-refractivity contribution in [3.63, 3.8) is 0 Å². The van der Waals surface area contributed by atoms with Crippen molar-refractivity contribution < 1.29 is 38.4 Å². The monoisotopic (exact) mass is 437 g/mol. The van der Waals surface area contributed by atoms with E-state index >= 15 is 0 Å². The van der Waals surface area contributed by atoms with Crippen molar-refractivity contribution in [2.45, 2.75) is 13.0 Å². The Hall–Kier alpha value is -3.54. The van der Waals surface area contributed by atoms with Crippen LogP contribution < -0.4 is 19.5 Å². The minimum atomic E-state index is -1.14. The lowest BCUT2D eigenvalue weighted by Gasteiger charge is -2.17. The standard InChI is InChI=1S/C18H19N3O8S/c1-9(17(24)25)29-15-11(26-2)5-10(6-12(15)27-3)8-19-21-18-20-16(23)13(30-18)7-14(22)28-4/h5-9H,1-4H3,(H,24,25)(H,20,21,23)/b13-7+,19-8?. The van der Waals surface area contributed by atoms with E-state index in [0.29, 0.717) is 5.56 Å². The molecule has 1 heterocycles. The third kappa shape index (κ3) is 5.73. The SMILES string of the molecule is COC(=O)/C=C1/S/C(=N\N=Cc2cc(OC)c(OC(C)C(=O)O)c(OC)c2)NC1=O. The zero-order valence-electron chi connectivity index (χ0n) is 16.5. The summed E-state index contributed by atoms with van der Waals surface area (Å²) in [5.41, 5.74) is 0.517. The molecule has 160 valence electrons. The number of ether oxygens (including phenoxy) is 4. The molecule has 1 aliphatic rings. The molecule has 0 spiro atoms. The predicted octanol–water partition coefficient (Wildman–Crippen LogP) is 1.17. The fraction of sp³-hybridized carbons (Fsp3) is 0.278. The molecule has 1 unspecified atom stereocenters. The third-order valence-electron chi connectivity index (χ3n) is 3.58. The molecule has 1 saturated heterocycles. The summed E-state index contributed by atoms with van der Waals surface area (Å²) in [4.78, 5) is 34.2. The van der Waals surface area contributed by atoms with Crippen LogP contribution in [0.3, 0.4) is 0 Å². The molecular weight excluding hydrogens is 418 g/mol.